The third-order valence-corrected chi connectivity index (χ3v) is 4.02. The SMILES string of the molecule is Cc1cccc(N(CCNC(=O)C(C)C)S(C)(=O)=O)c1. The molecule has 1 amide bonds. The molecule has 0 aliphatic carbocycles. The molecule has 0 heterocycles. The van der Waals surface area contributed by atoms with Gasteiger partial charge in [0.05, 0.1) is 18.5 Å². The number of aryl methyl sites for hydroxylation is 1. The zero-order valence-corrected chi connectivity index (χ0v) is 13.2. The molecule has 0 aliphatic heterocycles. The topological polar surface area (TPSA) is 66.5 Å². The smallest absolute Gasteiger partial charge is 0.232 e. The van der Waals surface area contributed by atoms with Gasteiger partial charge in [0.25, 0.3) is 0 Å². The van der Waals surface area contributed by atoms with Gasteiger partial charge >= 0.3 is 0 Å². The minimum Gasteiger partial charge on any atom is -0.354 e. The van der Waals surface area contributed by atoms with Gasteiger partial charge in [0.2, 0.25) is 15.9 Å². The third kappa shape index (κ3) is 4.85. The molecule has 0 radical (unpaired) electrons. The van der Waals surface area contributed by atoms with Crippen molar-refractivity contribution in [1.82, 2.24) is 5.32 Å². The fraction of sp³-hybridized carbons (Fsp3) is 0.500. The maximum Gasteiger partial charge on any atom is 0.232 e. The van der Waals surface area contributed by atoms with E-state index in [0.717, 1.165) is 5.56 Å². The Morgan fingerprint density at radius 3 is 2.50 bits per heavy atom. The van der Waals surface area contributed by atoms with Crippen LogP contribution in [0.5, 0.6) is 0 Å². The Balaban J connectivity index is 2.80. The van der Waals surface area contributed by atoms with E-state index in [1.807, 2.05) is 25.1 Å². The van der Waals surface area contributed by atoms with E-state index in [1.54, 1.807) is 19.9 Å². The molecule has 0 saturated heterocycles. The van der Waals surface area contributed by atoms with Gasteiger partial charge in [-0.3, -0.25) is 9.10 Å². The van der Waals surface area contributed by atoms with Crippen molar-refractivity contribution < 1.29 is 13.2 Å². The van der Waals surface area contributed by atoms with Crippen molar-refractivity contribution in [3.8, 4) is 0 Å². The molecule has 1 aromatic carbocycles. The third-order valence-electron chi connectivity index (χ3n) is 2.83. The number of amides is 1. The van der Waals surface area contributed by atoms with Crippen molar-refractivity contribution in [2.24, 2.45) is 5.92 Å². The molecule has 0 aromatic heterocycles. The Bertz CT molecular complexity index is 568. The molecule has 6 heteroatoms. The average Bonchev–Trinajstić information content (AvgIpc) is 2.32. The van der Waals surface area contributed by atoms with Gasteiger partial charge in [0.15, 0.2) is 0 Å². The van der Waals surface area contributed by atoms with Crippen LogP contribution in [0.2, 0.25) is 0 Å². The highest BCUT2D eigenvalue weighted by Crippen LogP contribution is 2.18. The summed E-state index contributed by atoms with van der Waals surface area (Å²) in [5, 5.41) is 2.72. The quantitative estimate of drug-likeness (QED) is 0.866. The molecular weight excluding hydrogens is 276 g/mol. The lowest BCUT2D eigenvalue weighted by atomic mass is 10.2. The van der Waals surface area contributed by atoms with Crippen LogP contribution in [-0.4, -0.2) is 33.7 Å². The Morgan fingerprint density at radius 2 is 2.00 bits per heavy atom. The maximum absolute atomic E-state index is 11.9. The second-order valence-corrected chi connectivity index (χ2v) is 7.03. The molecule has 0 saturated carbocycles. The van der Waals surface area contributed by atoms with Crippen LogP contribution in [0.25, 0.3) is 0 Å². The summed E-state index contributed by atoms with van der Waals surface area (Å²) in [5.74, 6) is -0.191. The molecule has 1 N–H and O–H groups in total. The van der Waals surface area contributed by atoms with Gasteiger partial charge in [-0.1, -0.05) is 26.0 Å². The second-order valence-electron chi connectivity index (χ2n) is 5.12. The highest BCUT2D eigenvalue weighted by Gasteiger charge is 2.17. The zero-order chi connectivity index (χ0) is 15.3. The van der Waals surface area contributed by atoms with Crippen LogP contribution in [0.1, 0.15) is 19.4 Å². The van der Waals surface area contributed by atoms with Crippen molar-refractivity contribution in [2.75, 3.05) is 23.7 Å². The zero-order valence-electron chi connectivity index (χ0n) is 12.4. The van der Waals surface area contributed by atoms with E-state index in [0.29, 0.717) is 5.69 Å². The predicted molar refractivity (Wildman–Crippen MR) is 81.2 cm³/mol. The Hall–Kier alpha value is -1.56. The standard InChI is InChI=1S/C14H22N2O3S/c1-11(2)14(17)15-8-9-16(20(4,18)19)13-7-5-6-12(3)10-13/h5-7,10-11H,8-9H2,1-4H3,(H,15,17). The number of carbonyl (C=O) groups excluding carboxylic acids is 1. The number of nitrogens with zero attached hydrogens (tertiary/aromatic N) is 1. The van der Waals surface area contributed by atoms with Gasteiger partial charge in [0, 0.05) is 12.5 Å². The average molecular weight is 298 g/mol. The number of rotatable bonds is 6. The monoisotopic (exact) mass is 298 g/mol. The first-order valence-corrected chi connectivity index (χ1v) is 8.38. The first-order chi connectivity index (χ1) is 9.21. The van der Waals surface area contributed by atoms with Crippen molar-refractivity contribution >= 4 is 21.6 Å². The summed E-state index contributed by atoms with van der Waals surface area (Å²) >= 11 is 0. The Morgan fingerprint density at radius 1 is 1.35 bits per heavy atom. The molecule has 0 fully saturated rings. The first kappa shape index (κ1) is 16.5. The van der Waals surface area contributed by atoms with E-state index in [1.165, 1.54) is 10.6 Å². The minimum atomic E-state index is -3.37. The molecule has 1 aromatic rings. The van der Waals surface area contributed by atoms with Gasteiger partial charge in [-0.15, -0.1) is 0 Å². The van der Waals surface area contributed by atoms with Crippen LogP contribution in [0.15, 0.2) is 24.3 Å². The summed E-state index contributed by atoms with van der Waals surface area (Å²) < 4.78 is 25.0. The molecule has 112 valence electrons. The lowest BCUT2D eigenvalue weighted by Crippen LogP contribution is -2.39. The van der Waals surface area contributed by atoms with Gasteiger partial charge in [-0.25, -0.2) is 8.42 Å². The van der Waals surface area contributed by atoms with E-state index >= 15 is 0 Å². The summed E-state index contributed by atoms with van der Waals surface area (Å²) in [6.45, 7) is 6.01. The number of anilines is 1. The molecule has 0 unspecified atom stereocenters. The highest BCUT2D eigenvalue weighted by atomic mass is 32.2. The van der Waals surface area contributed by atoms with Gasteiger partial charge < -0.3 is 5.32 Å². The number of hydrogen-bond acceptors (Lipinski definition) is 3. The largest absolute Gasteiger partial charge is 0.354 e. The minimum absolute atomic E-state index is 0.0808. The fourth-order valence-corrected chi connectivity index (χ4v) is 2.67. The summed E-state index contributed by atoms with van der Waals surface area (Å²) in [6, 6.07) is 7.28. The van der Waals surface area contributed by atoms with Crippen molar-refractivity contribution in [2.45, 2.75) is 20.8 Å². The predicted octanol–water partition coefficient (Wildman–Crippen LogP) is 1.53. The van der Waals surface area contributed by atoms with Crippen LogP contribution in [0, 0.1) is 12.8 Å². The van der Waals surface area contributed by atoms with Crippen molar-refractivity contribution in [3.05, 3.63) is 29.8 Å². The van der Waals surface area contributed by atoms with Crippen LogP contribution in [0.4, 0.5) is 5.69 Å². The Labute approximate surface area is 121 Å². The normalized spacial score (nSPS) is 11.4. The van der Waals surface area contributed by atoms with Crippen molar-refractivity contribution in [3.63, 3.8) is 0 Å². The number of carbonyl (C=O) groups is 1. The summed E-state index contributed by atoms with van der Waals surface area (Å²) in [7, 11) is -3.37. The summed E-state index contributed by atoms with van der Waals surface area (Å²) in [6.07, 6.45) is 1.17. The van der Waals surface area contributed by atoms with Crippen LogP contribution in [0.3, 0.4) is 0 Å². The molecule has 0 spiro atoms. The molecule has 20 heavy (non-hydrogen) atoms. The van der Waals surface area contributed by atoms with Crippen LogP contribution in [-0.2, 0) is 14.8 Å². The van der Waals surface area contributed by atoms with E-state index in [9.17, 15) is 13.2 Å². The fourth-order valence-electron chi connectivity index (χ4n) is 1.75. The summed E-state index contributed by atoms with van der Waals surface area (Å²) in [4.78, 5) is 11.5. The number of benzene rings is 1. The summed E-state index contributed by atoms with van der Waals surface area (Å²) in [5.41, 5.74) is 1.61. The molecule has 5 nitrogen and oxygen atoms in total. The van der Waals surface area contributed by atoms with E-state index in [-0.39, 0.29) is 24.9 Å². The number of nitrogens with one attached hydrogen (secondary N) is 1. The number of hydrogen-bond donors (Lipinski definition) is 1. The van der Waals surface area contributed by atoms with Crippen LogP contribution < -0.4 is 9.62 Å². The first-order valence-electron chi connectivity index (χ1n) is 6.54. The second kappa shape index (κ2) is 6.74. The lowest BCUT2D eigenvalue weighted by molar-refractivity contribution is -0.123. The molecular formula is C14H22N2O3S. The van der Waals surface area contributed by atoms with Gasteiger partial charge in [0.1, 0.15) is 0 Å². The van der Waals surface area contributed by atoms with Gasteiger partial charge in [-0.2, -0.15) is 0 Å². The van der Waals surface area contributed by atoms with Gasteiger partial charge in [-0.05, 0) is 24.6 Å². The van der Waals surface area contributed by atoms with E-state index < -0.39 is 10.0 Å². The van der Waals surface area contributed by atoms with E-state index in [4.69, 9.17) is 0 Å². The Kier molecular flexibility index (Phi) is 5.56. The van der Waals surface area contributed by atoms with E-state index in [2.05, 4.69) is 5.32 Å². The maximum atomic E-state index is 11.9. The molecule has 0 atom stereocenters. The highest BCUT2D eigenvalue weighted by molar-refractivity contribution is 7.92. The van der Waals surface area contributed by atoms with Crippen molar-refractivity contribution in [1.29, 1.82) is 0 Å². The lowest BCUT2D eigenvalue weighted by Gasteiger charge is -2.23. The van der Waals surface area contributed by atoms with Crippen LogP contribution >= 0.6 is 0 Å². The number of sulfonamides is 1. The molecule has 0 aliphatic rings. The molecule has 0 bridgehead atoms. The molecule has 1 rings (SSSR count).